The summed E-state index contributed by atoms with van der Waals surface area (Å²) >= 11 is 0. The van der Waals surface area contributed by atoms with E-state index in [1.807, 2.05) is 6.92 Å². The summed E-state index contributed by atoms with van der Waals surface area (Å²) in [6.45, 7) is 6.39. The number of urea groups is 1. The Morgan fingerprint density at radius 1 is 1.15 bits per heavy atom. The minimum Gasteiger partial charge on any atom is -0.477 e. The first kappa shape index (κ1) is 29.1. The van der Waals surface area contributed by atoms with Crippen molar-refractivity contribution in [3.05, 3.63) is 24.7 Å². The van der Waals surface area contributed by atoms with Crippen LogP contribution in [0, 0.1) is 0 Å². The molecule has 2 aromatic heterocycles. The monoisotopic (exact) mass is 563 g/mol. The summed E-state index contributed by atoms with van der Waals surface area (Å²) in [5.74, 6) is -2.45. The Morgan fingerprint density at radius 2 is 1.93 bits per heavy atom. The van der Waals surface area contributed by atoms with E-state index in [1.165, 1.54) is 31.7 Å². The van der Waals surface area contributed by atoms with Gasteiger partial charge in [-0.3, -0.25) is 15.5 Å². The maximum Gasteiger partial charge on any atom is 0.413 e. The number of nitrogens with zero attached hydrogens (tertiary/aromatic N) is 7. The van der Waals surface area contributed by atoms with Crippen LogP contribution >= 0.6 is 0 Å². The first-order valence-electron chi connectivity index (χ1n) is 13.3. The zero-order valence-corrected chi connectivity index (χ0v) is 22.8. The number of carbonyl (C=O) groups is 2. The van der Waals surface area contributed by atoms with Gasteiger partial charge in [-0.1, -0.05) is 0 Å². The first-order valence-corrected chi connectivity index (χ1v) is 13.3. The topological polar surface area (TPSA) is 138 Å². The van der Waals surface area contributed by atoms with Crippen molar-refractivity contribution in [2.75, 3.05) is 61.9 Å². The lowest BCUT2D eigenvalue weighted by atomic mass is 10.00. The van der Waals surface area contributed by atoms with Crippen LogP contribution in [0.3, 0.4) is 0 Å². The number of hydrogen-bond donors (Lipinski definition) is 2. The number of ether oxygens (including phenoxy) is 2. The van der Waals surface area contributed by atoms with Crippen molar-refractivity contribution in [1.29, 1.82) is 0 Å². The van der Waals surface area contributed by atoms with Gasteiger partial charge in [0.2, 0.25) is 11.8 Å². The summed E-state index contributed by atoms with van der Waals surface area (Å²) in [6.07, 6.45) is 4.84. The minimum atomic E-state index is -3.15. The predicted octanol–water partition coefficient (Wildman–Crippen LogP) is 3.08. The van der Waals surface area contributed by atoms with Crippen LogP contribution in [0.25, 0.3) is 0 Å². The fraction of sp³-hybridized carbons (Fsp3) is 0.600. The van der Waals surface area contributed by atoms with Gasteiger partial charge in [-0.15, -0.1) is 0 Å². The Labute approximate surface area is 231 Å². The fourth-order valence-electron chi connectivity index (χ4n) is 4.67. The van der Waals surface area contributed by atoms with Crippen LogP contribution in [0.2, 0.25) is 0 Å². The van der Waals surface area contributed by atoms with Crippen LogP contribution in [0.4, 0.5) is 36.0 Å². The van der Waals surface area contributed by atoms with Crippen LogP contribution in [-0.4, -0.2) is 106 Å². The lowest BCUT2D eigenvalue weighted by Crippen LogP contribution is -2.60. The van der Waals surface area contributed by atoms with E-state index >= 15 is 0 Å². The summed E-state index contributed by atoms with van der Waals surface area (Å²) < 4.78 is 40.6. The van der Waals surface area contributed by atoms with E-state index in [-0.39, 0.29) is 42.7 Å². The normalized spacial score (nSPS) is 19.5. The van der Waals surface area contributed by atoms with Gasteiger partial charge in [0.05, 0.1) is 19.0 Å². The summed E-state index contributed by atoms with van der Waals surface area (Å²) in [4.78, 5) is 46.5. The predicted molar refractivity (Wildman–Crippen MR) is 143 cm³/mol. The highest BCUT2D eigenvalue weighted by atomic mass is 19.3. The van der Waals surface area contributed by atoms with Gasteiger partial charge in [0.25, 0.3) is 5.92 Å². The molecule has 2 aliphatic rings. The number of likely N-dealkylation sites (tertiary alicyclic amines) is 1. The number of halogens is 2. The Hall–Kier alpha value is -3.88. The van der Waals surface area contributed by atoms with Gasteiger partial charge in [-0.25, -0.2) is 33.3 Å². The second kappa shape index (κ2) is 13.0. The van der Waals surface area contributed by atoms with Gasteiger partial charge in [0.15, 0.2) is 5.82 Å². The average molecular weight is 564 g/mol. The minimum absolute atomic E-state index is 0.0376. The number of piperidine rings is 1. The highest BCUT2D eigenvalue weighted by Crippen LogP contribution is 2.33. The van der Waals surface area contributed by atoms with Crippen LogP contribution in [0.15, 0.2) is 24.7 Å². The molecule has 2 N–H and O–H groups in total. The number of hydrogen-bond acceptors (Lipinski definition) is 10. The summed E-state index contributed by atoms with van der Waals surface area (Å²) in [6, 6.07) is -0.760. The highest BCUT2D eigenvalue weighted by Gasteiger charge is 2.48. The molecule has 0 unspecified atom stereocenters. The Bertz CT molecular complexity index is 1150. The molecule has 0 spiro atoms. The van der Waals surface area contributed by atoms with Gasteiger partial charge < -0.3 is 19.3 Å². The quantitative estimate of drug-likeness (QED) is 0.468. The van der Waals surface area contributed by atoms with Crippen molar-refractivity contribution in [3.8, 4) is 5.88 Å². The number of aromatic nitrogens is 4. The molecule has 0 radical (unpaired) electrons. The second-order valence-corrected chi connectivity index (χ2v) is 9.78. The van der Waals surface area contributed by atoms with E-state index in [9.17, 15) is 18.4 Å². The summed E-state index contributed by atoms with van der Waals surface area (Å²) in [5, 5.41) is 5.06. The summed E-state index contributed by atoms with van der Waals surface area (Å²) in [5.41, 5.74) is 0. The van der Waals surface area contributed by atoms with Gasteiger partial charge in [-0.2, -0.15) is 4.98 Å². The molecule has 3 amide bonds. The maximum absolute atomic E-state index is 15.0. The molecule has 218 valence electrons. The number of alkyl halides is 2. The zero-order chi connectivity index (χ0) is 28.7. The number of nitrogens with one attached hydrogen (secondary N) is 2. The molecule has 2 saturated heterocycles. The SMILES string of the molecule is CCOc1cnc(NC(=O)N(C)[C@H]2CN(c3nccc(NC(=O)O[C@@H](C)CN4CCCC4)n3)CCC2(F)F)cn1. The summed E-state index contributed by atoms with van der Waals surface area (Å²) in [7, 11) is 1.29. The third kappa shape index (κ3) is 7.61. The van der Waals surface area contributed by atoms with E-state index in [0.717, 1.165) is 30.8 Å². The first-order chi connectivity index (χ1) is 19.1. The molecule has 2 aliphatic heterocycles. The molecule has 0 saturated carbocycles. The average Bonchev–Trinajstić information content (AvgIpc) is 3.42. The van der Waals surface area contributed by atoms with Crippen molar-refractivity contribution in [2.45, 2.75) is 51.2 Å². The van der Waals surface area contributed by atoms with Gasteiger partial charge in [0, 0.05) is 39.3 Å². The Morgan fingerprint density at radius 3 is 2.62 bits per heavy atom. The molecule has 2 atom stereocenters. The number of likely N-dealkylation sites (N-methyl/N-ethyl adjacent to an activating group) is 1. The molecule has 15 heteroatoms. The molecular formula is C25H35F2N9O4. The number of amides is 3. The molecule has 2 fully saturated rings. The van der Waals surface area contributed by atoms with E-state index in [4.69, 9.17) is 9.47 Å². The van der Waals surface area contributed by atoms with E-state index in [2.05, 4.69) is 35.5 Å². The van der Waals surface area contributed by atoms with Crippen LogP contribution in [-0.2, 0) is 4.74 Å². The van der Waals surface area contributed by atoms with Gasteiger partial charge >= 0.3 is 12.1 Å². The smallest absolute Gasteiger partial charge is 0.413 e. The van der Waals surface area contributed by atoms with E-state index in [1.54, 1.807) is 11.8 Å². The van der Waals surface area contributed by atoms with Crippen molar-refractivity contribution in [2.24, 2.45) is 0 Å². The van der Waals surface area contributed by atoms with Gasteiger partial charge in [-0.05, 0) is 45.8 Å². The molecule has 13 nitrogen and oxygen atoms in total. The van der Waals surface area contributed by atoms with Crippen molar-refractivity contribution >= 4 is 29.7 Å². The highest BCUT2D eigenvalue weighted by molar-refractivity contribution is 5.88. The van der Waals surface area contributed by atoms with Gasteiger partial charge in [0.1, 0.15) is 18.0 Å². The van der Waals surface area contributed by atoms with Crippen LogP contribution in [0.5, 0.6) is 5.88 Å². The molecule has 40 heavy (non-hydrogen) atoms. The zero-order valence-electron chi connectivity index (χ0n) is 22.8. The molecule has 4 heterocycles. The molecule has 2 aromatic rings. The van der Waals surface area contributed by atoms with Crippen molar-refractivity contribution in [3.63, 3.8) is 0 Å². The number of anilines is 3. The Kier molecular flexibility index (Phi) is 9.45. The number of carbonyl (C=O) groups excluding carboxylic acids is 2. The standard InChI is InChI=1S/C25H35F2N9O4/c1-4-39-21-14-29-20(13-30-21)32-23(37)34(3)18-16-36(12-8-25(18,26)27)22-28-9-7-19(31-22)33-24(38)40-17(2)15-35-10-5-6-11-35/h7,9,13-14,17-18H,4-6,8,10-12,15-16H2,1-3H3,(H,29,32,37)(H,28,31,33,38)/t17-,18-/m0/s1. The third-order valence-electron chi connectivity index (χ3n) is 6.72. The fourth-order valence-corrected chi connectivity index (χ4v) is 4.67. The third-order valence-corrected chi connectivity index (χ3v) is 6.72. The molecule has 4 rings (SSSR count). The lowest BCUT2D eigenvalue weighted by Gasteiger charge is -2.42. The largest absolute Gasteiger partial charge is 0.477 e. The van der Waals surface area contributed by atoms with Crippen LogP contribution in [0.1, 0.15) is 33.1 Å². The van der Waals surface area contributed by atoms with E-state index < -0.39 is 30.5 Å². The molecular weight excluding hydrogens is 528 g/mol. The number of rotatable bonds is 9. The maximum atomic E-state index is 15.0. The van der Waals surface area contributed by atoms with E-state index in [0.29, 0.717) is 13.2 Å². The lowest BCUT2D eigenvalue weighted by molar-refractivity contribution is -0.0760. The molecule has 0 bridgehead atoms. The molecule has 0 aliphatic carbocycles. The van der Waals surface area contributed by atoms with Crippen LogP contribution < -0.4 is 20.3 Å². The second-order valence-electron chi connectivity index (χ2n) is 9.78. The van der Waals surface area contributed by atoms with Crippen molar-refractivity contribution < 1.29 is 27.8 Å². The molecule has 0 aromatic carbocycles. The Balaban J connectivity index is 1.36. The van der Waals surface area contributed by atoms with Crippen molar-refractivity contribution in [1.82, 2.24) is 29.7 Å².